The lowest BCUT2D eigenvalue weighted by Crippen LogP contribution is -2.23. The van der Waals surface area contributed by atoms with Crippen LogP contribution in [0.5, 0.6) is 0 Å². The van der Waals surface area contributed by atoms with Crippen molar-refractivity contribution >= 4 is 34.6 Å². The van der Waals surface area contributed by atoms with Gasteiger partial charge in [0.25, 0.3) is 0 Å². The molecule has 0 aliphatic rings. The molecule has 0 saturated heterocycles. The van der Waals surface area contributed by atoms with E-state index in [2.05, 4.69) is 0 Å². The minimum absolute atomic E-state index is 0.00879. The average molecular weight is 328 g/mol. The van der Waals surface area contributed by atoms with E-state index in [1.54, 1.807) is 39.0 Å². The van der Waals surface area contributed by atoms with Gasteiger partial charge in [-0.1, -0.05) is 23.7 Å². The molecule has 0 unspecified atom stereocenters. The topological polar surface area (TPSA) is 52.3 Å². The number of halogens is 2. The molecular formula is C15H15ClFNO2S. The van der Waals surface area contributed by atoms with E-state index < -0.39 is 17.4 Å². The van der Waals surface area contributed by atoms with E-state index >= 15 is 0 Å². The quantitative estimate of drug-likeness (QED) is 0.810. The van der Waals surface area contributed by atoms with E-state index in [1.807, 2.05) is 0 Å². The third kappa shape index (κ3) is 3.54. The second-order valence-corrected chi connectivity index (χ2v) is 6.93. The van der Waals surface area contributed by atoms with Gasteiger partial charge in [0.1, 0.15) is 16.3 Å². The summed E-state index contributed by atoms with van der Waals surface area (Å²) in [5, 5.41) is 0.00879. The third-order valence-electron chi connectivity index (χ3n) is 2.56. The summed E-state index contributed by atoms with van der Waals surface area (Å²) >= 11 is 7.08. The Labute approximate surface area is 131 Å². The van der Waals surface area contributed by atoms with E-state index in [4.69, 9.17) is 22.1 Å². The number of carbonyl (C=O) groups is 1. The fraction of sp³-hybridized carbons (Fsp3) is 0.267. The predicted molar refractivity (Wildman–Crippen MR) is 84.3 cm³/mol. The smallest absolute Gasteiger partial charge is 0.350 e. The maximum atomic E-state index is 13.5. The van der Waals surface area contributed by atoms with Gasteiger partial charge in [-0.15, -0.1) is 11.3 Å². The number of anilines is 1. The van der Waals surface area contributed by atoms with Gasteiger partial charge < -0.3 is 10.5 Å². The number of nitrogens with two attached hydrogens (primary N) is 1. The minimum atomic E-state index is -0.607. The summed E-state index contributed by atoms with van der Waals surface area (Å²) in [6.45, 7) is 5.33. The van der Waals surface area contributed by atoms with Gasteiger partial charge in [-0.05, 0) is 32.9 Å². The van der Waals surface area contributed by atoms with Crippen LogP contribution in [0.4, 0.5) is 10.1 Å². The van der Waals surface area contributed by atoms with Crippen molar-refractivity contribution in [3.05, 3.63) is 40.0 Å². The number of esters is 1. The standard InChI is InChI=1S/C15H15ClFNO2S/c1-15(2,3)20-14(19)13-10(18)7-11(21-13)8-5-4-6-9(17)12(8)16/h4-7H,18H2,1-3H3. The maximum absolute atomic E-state index is 13.5. The molecule has 6 heteroatoms. The van der Waals surface area contributed by atoms with Gasteiger partial charge in [0.15, 0.2) is 0 Å². The first-order valence-corrected chi connectivity index (χ1v) is 7.45. The van der Waals surface area contributed by atoms with E-state index in [9.17, 15) is 9.18 Å². The van der Waals surface area contributed by atoms with Crippen LogP contribution < -0.4 is 5.73 Å². The van der Waals surface area contributed by atoms with E-state index in [0.717, 1.165) is 11.3 Å². The molecule has 1 aromatic carbocycles. The van der Waals surface area contributed by atoms with Crippen LogP contribution >= 0.6 is 22.9 Å². The summed E-state index contributed by atoms with van der Waals surface area (Å²) < 4.78 is 18.8. The van der Waals surface area contributed by atoms with Gasteiger partial charge in [0, 0.05) is 10.4 Å². The Kier molecular flexibility index (Phi) is 4.25. The predicted octanol–water partition coefficient (Wildman–Crippen LogP) is 4.75. The highest BCUT2D eigenvalue weighted by Crippen LogP contribution is 2.38. The molecule has 1 heterocycles. The normalized spacial score (nSPS) is 11.5. The van der Waals surface area contributed by atoms with E-state index in [1.165, 1.54) is 6.07 Å². The number of nitrogen functional groups attached to an aromatic ring is 1. The van der Waals surface area contributed by atoms with Crippen LogP contribution in [0, 0.1) is 5.82 Å². The zero-order valence-corrected chi connectivity index (χ0v) is 13.4. The molecule has 2 N–H and O–H groups in total. The van der Waals surface area contributed by atoms with Crippen LogP contribution in [0.3, 0.4) is 0 Å². The van der Waals surface area contributed by atoms with Gasteiger partial charge >= 0.3 is 5.97 Å². The molecule has 1 aromatic heterocycles. The Hall–Kier alpha value is -1.59. The fourth-order valence-corrected chi connectivity index (χ4v) is 2.99. The lowest BCUT2D eigenvalue weighted by atomic mass is 10.1. The Morgan fingerprint density at radius 3 is 2.67 bits per heavy atom. The van der Waals surface area contributed by atoms with Crippen LogP contribution in [0.2, 0.25) is 5.02 Å². The molecule has 3 nitrogen and oxygen atoms in total. The molecule has 2 aromatic rings. The van der Waals surface area contributed by atoms with Crippen molar-refractivity contribution in [3.8, 4) is 10.4 Å². The molecule has 0 aliphatic heterocycles. The molecule has 0 bridgehead atoms. The first-order valence-electron chi connectivity index (χ1n) is 6.26. The number of hydrogen-bond donors (Lipinski definition) is 1. The lowest BCUT2D eigenvalue weighted by molar-refractivity contribution is 0.00764. The van der Waals surface area contributed by atoms with Crippen molar-refractivity contribution in [3.63, 3.8) is 0 Å². The molecule has 0 amide bonds. The number of thiophene rings is 1. The molecule has 0 spiro atoms. The summed E-state index contributed by atoms with van der Waals surface area (Å²) in [6, 6.07) is 6.11. The molecule has 0 radical (unpaired) electrons. The van der Waals surface area contributed by atoms with Crippen LogP contribution in [0.25, 0.3) is 10.4 Å². The second-order valence-electron chi connectivity index (χ2n) is 5.50. The molecule has 0 fully saturated rings. The molecule has 2 rings (SSSR count). The largest absolute Gasteiger partial charge is 0.456 e. The summed E-state index contributed by atoms with van der Waals surface area (Å²) in [4.78, 5) is 13.0. The number of hydrogen-bond acceptors (Lipinski definition) is 4. The fourth-order valence-electron chi connectivity index (χ4n) is 1.72. The van der Waals surface area contributed by atoms with Gasteiger partial charge in [0.05, 0.1) is 10.7 Å². The summed E-state index contributed by atoms with van der Waals surface area (Å²) in [5.41, 5.74) is 6.05. The highest BCUT2D eigenvalue weighted by molar-refractivity contribution is 7.18. The van der Waals surface area contributed by atoms with Gasteiger partial charge in [0.2, 0.25) is 0 Å². The molecule has 112 valence electrons. The molecule has 0 atom stereocenters. The van der Waals surface area contributed by atoms with E-state index in [0.29, 0.717) is 21.0 Å². The first kappa shape index (κ1) is 15.8. The maximum Gasteiger partial charge on any atom is 0.350 e. The average Bonchev–Trinajstić information content (AvgIpc) is 2.72. The van der Waals surface area contributed by atoms with Crippen LogP contribution in [0.15, 0.2) is 24.3 Å². The van der Waals surface area contributed by atoms with Gasteiger partial charge in [-0.3, -0.25) is 0 Å². The Morgan fingerprint density at radius 2 is 2.05 bits per heavy atom. The van der Waals surface area contributed by atoms with Crippen molar-refractivity contribution in [1.82, 2.24) is 0 Å². The summed E-state index contributed by atoms with van der Waals surface area (Å²) in [5.74, 6) is -1.01. The SMILES string of the molecule is CC(C)(C)OC(=O)c1sc(-c2cccc(F)c2Cl)cc1N. The monoisotopic (exact) mass is 327 g/mol. The molecule has 21 heavy (non-hydrogen) atoms. The second kappa shape index (κ2) is 5.66. The lowest BCUT2D eigenvalue weighted by Gasteiger charge is -2.18. The van der Waals surface area contributed by atoms with Gasteiger partial charge in [-0.2, -0.15) is 0 Å². The highest BCUT2D eigenvalue weighted by atomic mass is 35.5. The van der Waals surface area contributed by atoms with Crippen molar-refractivity contribution in [2.75, 3.05) is 5.73 Å². The minimum Gasteiger partial charge on any atom is -0.456 e. The Bertz CT molecular complexity index is 691. The van der Waals surface area contributed by atoms with Crippen LogP contribution in [0.1, 0.15) is 30.4 Å². The first-order chi connectivity index (χ1) is 9.69. The highest BCUT2D eigenvalue weighted by Gasteiger charge is 2.23. The number of carbonyl (C=O) groups excluding carboxylic acids is 1. The van der Waals surface area contributed by atoms with Gasteiger partial charge in [-0.25, -0.2) is 9.18 Å². The number of ether oxygens (including phenoxy) is 1. The summed E-state index contributed by atoms with van der Waals surface area (Å²) in [6.07, 6.45) is 0. The van der Waals surface area contributed by atoms with Crippen LogP contribution in [-0.4, -0.2) is 11.6 Å². The van der Waals surface area contributed by atoms with Crippen molar-refractivity contribution < 1.29 is 13.9 Å². The zero-order valence-electron chi connectivity index (χ0n) is 11.9. The van der Waals surface area contributed by atoms with E-state index in [-0.39, 0.29) is 5.02 Å². The molecular weight excluding hydrogens is 313 g/mol. The van der Waals surface area contributed by atoms with Crippen molar-refractivity contribution in [1.29, 1.82) is 0 Å². The Balaban J connectivity index is 2.40. The van der Waals surface area contributed by atoms with Crippen molar-refractivity contribution in [2.24, 2.45) is 0 Å². The van der Waals surface area contributed by atoms with Crippen LogP contribution in [-0.2, 0) is 4.74 Å². The molecule has 0 aliphatic carbocycles. The third-order valence-corrected chi connectivity index (χ3v) is 4.11. The molecule has 0 saturated carbocycles. The Morgan fingerprint density at radius 1 is 1.38 bits per heavy atom. The summed E-state index contributed by atoms with van der Waals surface area (Å²) in [7, 11) is 0. The number of benzene rings is 1. The number of rotatable bonds is 2. The van der Waals surface area contributed by atoms with Crippen molar-refractivity contribution in [2.45, 2.75) is 26.4 Å². The zero-order chi connectivity index (χ0) is 15.8.